The molecule has 0 atom stereocenters. The molecule has 100 valence electrons. The summed E-state index contributed by atoms with van der Waals surface area (Å²) < 4.78 is 2.00. The predicted octanol–water partition coefficient (Wildman–Crippen LogP) is 4.59. The third-order valence-electron chi connectivity index (χ3n) is 4.19. The number of aryl methyl sites for hydroxylation is 1. The molecule has 0 bridgehead atoms. The summed E-state index contributed by atoms with van der Waals surface area (Å²) in [6, 6.07) is 5.75. The molecular formula is C16H18ClNO. The number of halogens is 1. The van der Waals surface area contributed by atoms with Crippen molar-refractivity contribution in [2.75, 3.05) is 0 Å². The fraction of sp³-hybridized carbons (Fsp3) is 0.438. The first kappa shape index (κ1) is 12.7. The van der Waals surface area contributed by atoms with E-state index in [1.807, 2.05) is 36.0 Å². The number of Topliss-reactive ketones (excluding diaryl/α,β-unsaturated/α-hetero) is 1. The monoisotopic (exact) mass is 275 g/mol. The molecule has 1 aromatic heterocycles. The molecule has 2 nitrogen and oxygen atoms in total. The Bertz CT molecular complexity index is 623. The van der Waals surface area contributed by atoms with Crippen LogP contribution in [0.3, 0.4) is 0 Å². The molecule has 19 heavy (non-hydrogen) atoms. The van der Waals surface area contributed by atoms with E-state index in [0.29, 0.717) is 10.8 Å². The van der Waals surface area contributed by atoms with Gasteiger partial charge in [-0.25, -0.2) is 0 Å². The van der Waals surface area contributed by atoms with Crippen LogP contribution in [0.2, 0.25) is 5.02 Å². The maximum absolute atomic E-state index is 12.7. The number of nitrogens with zero attached hydrogens (tertiary/aromatic N) is 1. The van der Waals surface area contributed by atoms with E-state index < -0.39 is 0 Å². The van der Waals surface area contributed by atoms with E-state index >= 15 is 0 Å². The molecule has 3 heteroatoms. The quantitative estimate of drug-likeness (QED) is 0.735. The highest BCUT2D eigenvalue weighted by Crippen LogP contribution is 2.31. The van der Waals surface area contributed by atoms with Crippen molar-refractivity contribution in [3.63, 3.8) is 0 Å². The number of aromatic nitrogens is 1. The van der Waals surface area contributed by atoms with Crippen LogP contribution in [0.15, 0.2) is 24.4 Å². The van der Waals surface area contributed by atoms with Crippen molar-refractivity contribution in [1.29, 1.82) is 0 Å². The minimum absolute atomic E-state index is 0.218. The van der Waals surface area contributed by atoms with Crippen LogP contribution in [0.1, 0.15) is 42.5 Å². The number of fused-ring (bicyclic) bond motifs is 1. The number of rotatable bonds is 2. The summed E-state index contributed by atoms with van der Waals surface area (Å²) >= 11 is 6.03. The van der Waals surface area contributed by atoms with Crippen LogP contribution in [0.25, 0.3) is 10.9 Å². The van der Waals surface area contributed by atoms with Gasteiger partial charge in [-0.2, -0.15) is 0 Å². The summed E-state index contributed by atoms with van der Waals surface area (Å²) in [5, 5.41) is 1.74. The smallest absolute Gasteiger partial charge is 0.168 e. The van der Waals surface area contributed by atoms with Gasteiger partial charge in [-0.05, 0) is 25.0 Å². The lowest BCUT2D eigenvalue weighted by molar-refractivity contribution is 0.0891. The molecule has 1 aromatic carbocycles. The van der Waals surface area contributed by atoms with Gasteiger partial charge in [0.05, 0.1) is 0 Å². The number of hydrogen-bond donors (Lipinski definition) is 0. The Hall–Kier alpha value is -1.28. The zero-order valence-electron chi connectivity index (χ0n) is 11.2. The van der Waals surface area contributed by atoms with Crippen LogP contribution in [0.5, 0.6) is 0 Å². The number of ketones is 1. The molecule has 1 heterocycles. The Morgan fingerprint density at radius 2 is 2.00 bits per heavy atom. The number of hydrogen-bond acceptors (Lipinski definition) is 1. The van der Waals surface area contributed by atoms with E-state index in [1.54, 1.807) is 0 Å². The highest BCUT2D eigenvalue weighted by atomic mass is 35.5. The lowest BCUT2D eigenvalue weighted by Crippen LogP contribution is -2.17. The fourth-order valence-corrected chi connectivity index (χ4v) is 3.30. The third kappa shape index (κ3) is 2.30. The standard InChI is InChI=1S/C16H18ClNO/c1-18-10-14(13-8-7-12(17)9-15(13)18)16(19)11-5-3-2-4-6-11/h7-11H,2-6H2,1H3. The van der Waals surface area contributed by atoms with Crippen molar-refractivity contribution < 1.29 is 4.79 Å². The van der Waals surface area contributed by atoms with Crippen LogP contribution in [0.4, 0.5) is 0 Å². The Morgan fingerprint density at radius 3 is 2.74 bits per heavy atom. The van der Waals surface area contributed by atoms with Crippen LogP contribution in [0, 0.1) is 5.92 Å². The molecular weight excluding hydrogens is 258 g/mol. The zero-order chi connectivity index (χ0) is 13.4. The second-order valence-corrected chi connectivity index (χ2v) is 5.95. The fourth-order valence-electron chi connectivity index (χ4n) is 3.14. The van der Waals surface area contributed by atoms with Gasteiger partial charge in [-0.15, -0.1) is 0 Å². The van der Waals surface area contributed by atoms with Crippen molar-refractivity contribution in [2.45, 2.75) is 32.1 Å². The van der Waals surface area contributed by atoms with E-state index in [9.17, 15) is 4.79 Å². The molecule has 2 aromatic rings. The molecule has 0 saturated heterocycles. The molecule has 0 unspecified atom stereocenters. The summed E-state index contributed by atoms with van der Waals surface area (Å²) in [6.45, 7) is 0. The molecule has 0 N–H and O–H groups in total. The van der Waals surface area contributed by atoms with Gasteiger partial charge in [0, 0.05) is 40.7 Å². The SMILES string of the molecule is Cn1cc(C(=O)C2CCCCC2)c2ccc(Cl)cc21. The van der Waals surface area contributed by atoms with Gasteiger partial charge >= 0.3 is 0 Å². The van der Waals surface area contributed by atoms with Gasteiger partial charge in [0.15, 0.2) is 5.78 Å². The Labute approximate surface area is 118 Å². The first-order valence-corrected chi connectivity index (χ1v) is 7.33. The highest BCUT2D eigenvalue weighted by Gasteiger charge is 2.24. The Kier molecular flexibility index (Phi) is 3.36. The third-order valence-corrected chi connectivity index (χ3v) is 4.43. The van der Waals surface area contributed by atoms with Crippen LogP contribution >= 0.6 is 11.6 Å². The Morgan fingerprint density at radius 1 is 1.26 bits per heavy atom. The maximum atomic E-state index is 12.7. The van der Waals surface area contributed by atoms with Crippen molar-refractivity contribution >= 4 is 28.3 Å². The zero-order valence-corrected chi connectivity index (χ0v) is 11.9. The molecule has 1 aliphatic rings. The van der Waals surface area contributed by atoms with Gasteiger partial charge in [0.25, 0.3) is 0 Å². The molecule has 1 saturated carbocycles. The minimum atomic E-state index is 0.218. The average Bonchev–Trinajstić information content (AvgIpc) is 2.76. The second kappa shape index (κ2) is 5.01. The minimum Gasteiger partial charge on any atom is -0.350 e. The lowest BCUT2D eigenvalue weighted by Gasteiger charge is -2.19. The van der Waals surface area contributed by atoms with E-state index in [-0.39, 0.29) is 5.92 Å². The van der Waals surface area contributed by atoms with Gasteiger partial charge in [-0.3, -0.25) is 4.79 Å². The largest absolute Gasteiger partial charge is 0.350 e. The van der Waals surface area contributed by atoms with Gasteiger partial charge < -0.3 is 4.57 Å². The van der Waals surface area contributed by atoms with Gasteiger partial charge in [-0.1, -0.05) is 36.9 Å². The van der Waals surface area contributed by atoms with Crippen LogP contribution < -0.4 is 0 Å². The van der Waals surface area contributed by atoms with E-state index in [0.717, 1.165) is 29.3 Å². The molecule has 0 spiro atoms. The summed E-state index contributed by atoms with van der Waals surface area (Å²) in [5.41, 5.74) is 1.90. The first-order valence-electron chi connectivity index (χ1n) is 6.95. The molecule has 0 amide bonds. The highest BCUT2D eigenvalue weighted by molar-refractivity contribution is 6.31. The number of carbonyl (C=O) groups is 1. The van der Waals surface area contributed by atoms with Crippen LogP contribution in [-0.4, -0.2) is 10.4 Å². The summed E-state index contributed by atoms with van der Waals surface area (Å²) in [7, 11) is 1.97. The Balaban J connectivity index is 2.02. The van der Waals surface area contributed by atoms with Crippen molar-refractivity contribution in [2.24, 2.45) is 13.0 Å². The van der Waals surface area contributed by atoms with E-state index in [4.69, 9.17) is 11.6 Å². The normalized spacial score (nSPS) is 16.9. The number of benzene rings is 1. The molecule has 3 rings (SSSR count). The summed E-state index contributed by atoms with van der Waals surface area (Å²) in [6.07, 6.45) is 7.69. The van der Waals surface area contributed by atoms with Crippen molar-refractivity contribution in [3.05, 3.63) is 35.0 Å². The first-order chi connectivity index (χ1) is 9.16. The summed E-state index contributed by atoms with van der Waals surface area (Å²) in [4.78, 5) is 12.7. The molecule has 0 radical (unpaired) electrons. The number of carbonyl (C=O) groups excluding carboxylic acids is 1. The van der Waals surface area contributed by atoms with Crippen molar-refractivity contribution in [1.82, 2.24) is 4.57 Å². The van der Waals surface area contributed by atoms with E-state index in [1.165, 1.54) is 19.3 Å². The summed E-state index contributed by atoms with van der Waals surface area (Å²) in [5.74, 6) is 0.530. The molecule has 1 fully saturated rings. The van der Waals surface area contributed by atoms with Crippen molar-refractivity contribution in [3.8, 4) is 0 Å². The van der Waals surface area contributed by atoms with Crippen LogP contribution in [-0.2, 0) is 7.05 Å². The molecule has 1 aliphatic carbocycles. The molecule has 0 aliphatic heterocycles. The maximum Gasteiger partial charge on any atom is 0.168 e. The predicted molar refractivity (Wildman–Crippen MR) is 78.8 cm³/mol. The van der Waals surface area contributed by atoms with E-state index in [2.05, 4.69) is 0 Å². The van der Waals surface area contributed by atoms with Gasteiger partial charge in [0.1, 0.15) is 0 Å². The second-order valence-electron chi connectivity index (χ2n) is 5.51. The lowest BCUT2D eigenvalue weighted by atomic mass is 9.84. The average molecular weight is 276 g/mol. The van der Waals surface area contributed by atoms with Gasteiger partial charge in [0.2, 0.25) is 0 Å². The topological polar surface area (TPSA) is 22.0 Å².